The van der Waals surface area contributed by atoms with Gasteiger partial charge in [-0.1, -0.05) is 0 Å². The van der Waals surface area contributed by atoms with Crippen LogP contribution in [0, 0.1) is 0 Å². The lowest BCUT2D eigenvalue weighted by Crippen LogP contribution is -2.43. The Morgan fingerprint density at radius 2 is 2.19 bits per heavy atom. The van der Waals surface area contributed by atoms with Gasteiger partial charge in [-0.15, -0.1) is 0 Å². The summed E-state index contributed by atoms with van der Waals surface area (Å²) in [6.45, 7) is 2.35. The number of carboxylic acids is 1. The summed E-state index contributed by atoms with van der Waals surface area (Å²) >= 11 is 0. The van der Waals surface area contributed by atoms with Gasteiger partial charge in [0.15, 0.2) is 0 Å². The molecule has 8 nitrogen and oxygen atoms in total. The highest BCUT2D eigenvalue weighted by atomic mass is 32.2. The van der Waals surface area contributed by atoms with Crippen molar-refractivity contribution in [2.45, 2.75) is 44.8 Å². The molecule has 0 aliphatic carbocycles. The molecule has 1 rings (SSSR count). The van der Waals surface area contributed by atoms with Crippen molar-refractivity contribution >= 4 is 22.0 Å². The van der Waals surface area contributed by atoms with Gasteiger partial charge < -0.3 is 14.6 Å². The number of nitrogens with one attached hydrogen (secondary N) is 1. The van der Waals surface area contributed by atoms with E-state index in [9.17, 15) is 18.0 Å². The van der Waals surface area contributed by atoms with E-state index in [1.54, 1.807) is 6.92 Å². The second-order valence-electron chi connectivity index (χ2n) is 4.77. The smallest absolute Gasteiger partial charge is 0.321 e. The number of aliphatic carboxylic acids is 1. The Hall–Kier alpha value is -1.19. The van der Waals surface area contributed by atoms with E-state index in [2.05, 4.69) is 9.46 Å². The third kappa shape index (κ3) is 6.87. The summed E-state index contributed by atoms with van der Waals surface area (Å²) in [5, 5.41) is 9.03. The molecule has 122 valence electrons. The van der Waals surface area contributed by atoms with Crippen LogP contribution in [0.4, 0.5) is 0 Å². The number of ether oxygens (including phenoxy) is 2. The summed E-state index contributed by atoms with van der Waals surface area (Å²) in [7, 11) is -3.78. The van der Waals surface area contributed by atoms with Crippen LogP contribution in [0.15, 0.2) is 0 Å². The maximum Gasteiger partial charge on any atom is 0.321 e. The molecule has 1 saturated heterocycles. The largest absolute Gasteiger partial charge is 0.480 e. The summed E-state index contributed by atoms with van der Waals surface area (Å²) in [5.41, 5.74) is 0. The number of hydrogen-bond acceptors (Lipinski definition) is 6. The van der Waals surface area contributed by atoms with Crippen LogP contribution in [-0.2, 0) is 29.1 Å². The Morgan fingerprint density at radius 3 is 2.71 bits per heavy atom. The molecule has 21 heavy (non-hydrogen) atoms. The topological polar surface area (TPSA) is 119 Å². The Balaban J connectivity index is 2.52. The van der Waals surface area contributed by atoms with E-state index in [1.165, 1.54) is 0 Å². The lowest BCUT2D eigenvalue weighted by atomic mass is 10.2. The second kappa shape index (κ2) is 8.30. The van der Waals surface area contributed by atoms with Crippen LogP contribution in [0.2, 0.25) is 0 Å². The van der Waals surface area contributed by atoms with Gasteiger partial charge in [0.1, 0.15) is 6.04 Å². The van der Waals surface area contributed by atoms with Gasteiger partial charge in [0.05, 0.1) is 18.5 Å². The van der Waals surface area contributed by atoms with Crippen molar-refractivity contribution in [1.82, 2.24) is 4.72 Å². The Morgan fingerprint density at radius 1 is 1.48 bits per heavy atom. The maximum atomic E-state index is 11.9. The van der Waals surface area contributed by atoms with E-state index >= 15 is 0 Å². The lowest BCUT2D eigenvalue weighted by molar-refractivity contribution is -0.144. The lowest BCUT2D eigenvalue weighted by Gasteiger charge is -2.16. The van der Waals surface area contributed by atoms with Crippen molar-refractivity contribution in [3.8, 4) is 0 Å². The maximum absolute atomic E-state index is 11.9. The molecule has 0 aromatic carbocycles. The molecule has 2 N–H and O–H groups in total. The fourth-order valence-electron chi connectivity index (χ4n) is 2.01. The summed E-state index contributed by atoms with van der Waals surface area (Å²) < 4.78 is 35.8. The van der Waals surface area contributed by atoms with Gasteiger partial charge in [0.25, 0.3) is 0 Å². The molecule has 0 spiro atoms. The standard InChI is InChI=1S/C12H21NO7S/c1-2-19-11(14)6-5-10(12(15)16)13-21(17,18)8-9-4-3-7-20-9/h9-10,13H,2-8H2,1H3,(H,15,16)/t9?,10-/m0/s1. The van der Waals surface area contributed by atoms with Crippen LogP contribution in [0.25, 0.3) is 0 Å². The van der Waals surface area contributed by atoms with Gasteiger partial charge in [-0.05, 0) is 26.2 Å². The fourth-order valence-corrected chi connectivity index (χ4v) is 3.51. The first-order chi connectivity index (χ1) is 9.84. The monoisotopic (exact) mass is 323 g/mol. The summed E-state index contributed by atoms with van der Waals surface area (Å²) in [6, 6.07) is -1.35. The number of carboxylic acid groups (broad SMARTS) is 1. The quantitative estimate of drug-likeness (QED) is 0.568. The molecule has 1 fully saturated rings. The fraction of sp³-hybridized carbons (Fsp3) is 0.833. The van der Waals surface area contributed by atoms with Gasteiger partial charge in [0.2, 0.25) is 10.0 Å². The van der Waals surface area contributed by atoms with Crippen molar-refractivity contribution in [1.29, 1.82) is 0 Å². The van der Waals surface area contributed by atoms with Crippen molar-refractivity contribution < 1.29 is 32.6 Å². The Labute approximate surface area is 123 Å². The van der Waals surface area contributed by atoms with E-state index in [-0.39, 0.29) is 25.2 Å². The van der Waals surface area contributed by atoms with Crippen molar-refractivity contribution in [2.24, 2.45) is 0 Å². The predicted octanol–water partition coefficient (Wildman–Crippen LogP) is -0.119. The molecule has 1 heterocycles. The average Bonchev–Trinajstić information content (AvgIpc) is 2.86. The zero-order valence-corrected chi connectivity index (χ0v) is 12.7. The molecule has 1 aliphatic heterocycles. The number of sulfonamides is 1. The minimum atomic E-state index is -3.78. The van der Waals surface area contributed by atoms with Crippen molar-refractivity contribution in [3.05, 3.63) is 0 Å². The molecule has 0 amide bonds. The average molecular weight is 323 g/mol. The van der Waals surface area contributed by atoms with Gasteiger partial charge in [0, 0.05) is 13.0 Å². The predicted molar refractivity (Wildman–Crippen MR) is 73.2 cm³/mol. The van der Waals surface area contributed by atoms with Gasteiger partial charge in [-0.3, -0.25) is 9.59 Å². The zero-order chi connectivity index (χ0) is 15.9. The molecule has 0 saturated carbocycles. The van der Waals surface area contributed by atoms with Crippen molar-refractivity contribution in [2.75, 3.05) is 19.0 Å². The summed E-state index contributed by atoms with van der Waals surface area (Å²) in [6.07, 6.45) is 0.723. The van der Waals surface area contributed by atoms with E-state index in [0.717, 1.165) is 6.42 Å². The number of carbonyl (C=O) groups is 2. The minimum absolute atomic E-state index is 0.154. The van der Waals surface area contributed by atoms with Gasteiger partial charge in [-0.25, -0.2) is 13.1 Å². The summed E-state index contributed by atoms with van der Waals surface area (Å²) in [4.78, 5) is 22.3. The Bertz CT molecular complexity index is 456. The first-order valence-electron chi connectivity index (χ1n) is 6.84. The third-order valence-electron chi connectivity index (χ3n) is 2.99. The van der Waals surface area contributed by atoms with Gasteiger partial charge >= 0.3 is 11.9 Å². The van der Waals surface area contributed by atoms with Crippen LogP contribution >= 0.6 is 0 Å². The molecule has 2 atom stereocenters. The normalized spacial score (nSPS) is 20.1. The minimum Gasteiger partial charge on any atom is -0.480 e. The highest BCUT2D eigenvalue weighted by Gasteiger charge is 2.28. The highest BCUT2D eigenvalue weighted by Crippen LogP contribution is 2.14. The molecular weight excluding hydrogens is 302 g/mol. The number of esters is 1. The Kier molecular flexibility index (Phi) is 7.06. The first-order valence-corrected chi connectivity index (χ1v) is 8.49. The molecule has 0 aromatic rings. The number of carbonyl (C=O) groups excluding carboxylic acids is 1. The molecule has 9 heteroatoms. The van der Waals surface area contributed by atoms with E-state index in [4.69, 9.17) is 9.84 Å². The molecule has 1 aliphatic rings. The van der Waals surface area contributed by atoms with E-state index in [1.807, 2.05) is 0 Å². The van der Waals surface area contributed by atoms with Crippen LogP contribution in [0.3, 0.4) is 0 Å². The molecular formula is C12H21NO7S. The van der Waals surface area contributed by atoms with Crippen LogP contribution in [-0.4, -0.2) is 56.6 Å². The molecule has 0 bridgehead atoms. The second-order valence-corrected chi connectivity index (χ2v) is 6.57. The SMILES string of the molecule is CCOC(=O)CC[C@H](NS(=O)(=O)CC1CCCO1)C(=O)O. The van der Waals surface area contributed by atoms with Crippen molar-refractivity contribution in [3.63, 3.8) is 0 Å². The first kappa shape index (κ1) is 17.9. The molecule has 0 radical (unpaired) electrons. The summed E-state index contributed by atoms with van der Waals surface area (Å²) in [5.74, 6) is -2.15. The van der Waals surface area contributed by atoms with Crippen LogP contribution in [0.1, 0.15) is 32.6 Å². The molecule has 1 unspecified atom stereocenters. The third-order valence-corrected chi connectivity index (χ3v) is 4.45. The molecule has 0 aromatic heterocycles. The van der Waals surface area contributed by atoms with Crippen LogP contribution in [0.5, 0.6) is 0 Å². The zero-order valence-electron chi connectivity index (χ0n) is 11.9. The van der Waals surface area contributed by atoms with E-state index < -0.39 is 34.1 Å². The number of hydrogen-bond donors (Lipinski definition) is 2. The number of rotatable bonds is 9. The van der Waals surface area contributed by atoms with Gasteiger partial charge in [-0.2, -0.15) is 0 Å². The van der Waals surface area contributed by atoms with Crippen LogP contribution < -0.4 is 4.72 Å². The highest BCUT2D eigenvalue weighted by molar-refractivity contribution is 7.89. The van der Waals surface area contributed by atoms with E-state index in [0.29, 0.717) is 13.0 Å².